The van der Waals surface area contributed by atoms with E-state index >= 15 is 0 Å². The molecule has 1 aromatic heterocycles. The third-order valence-electron chi connectivity index (χ3n) is 4.49. The fraction of sp³-hybridized carbons (Fsp3) is 0.368. The lowest BCUT2D eigenvalue weighted by atomic mass is 10.1. The fourth-order valence-corrected chi connectivity index (χ4v) is 2.98. The maximum Gasteiger partial charge on any atom is 0.247 e. The third kappa shape index (κ3) is 4.70. The van der Waals surface area contributed by atoms with E-state index in [1.807, 2.05) is 35.2 Å². The first-order chi connectivity index (χ1) is 12.1. The van der Waals surface area contributed by atoms with Crippen molar-refractivity contribution in [3.05, 3.63) is 64.1 Å². The van der Waals surface area contributed by atoms with E-state index in [9.17, 15) is 9.59 Å². The number of methoxy groups -OCH3 is 1. The molecular weight excluding hydrogens is 318 g/mol. The van der Waals surface area contributed by atoms with E-state index in [1.165, 1.54) is 0 Å². The standard InChI is InChI=1S/C19H23N3O3/c1-25-17-5-2-15(3-6-17)12-19(24)22-10-8-21(9-11-22)14-16-4-7-18(23)20-13-16/h2-7,13H,8-12,14H2,1H3,(H,20,23). The number of piperazine rings is 1. The zero-order valence-corrected chi connectivity index (χ0v) is 14.4. The molecule has 1 aliphatic rings. The summed E-state index contributed by atoms with van der Waals surface area (Å²) < 4.78 is 5.14. The molecule has 1 amide bonds. The van der Waals surface area contributed by atoms with Crippen LogP contribution >= 0.6 is 0 Å². The Morgan fingerprint density at radius 1 is 1.04 bits per heavy atom. The van der Waals surface area contributed by atoms with E-state index in [1.54, 1.807) is 19.4 Å². The van der Waals surface area contributed by atoms with Gasteiger partial charge < -0.3 is 14.6 Å². The van der Waals surface area contributed by atoms with Crippen LogP contribution in [0.25, 0.3) is 0 Å². The topological polar surface area (TPSA) is 65.6 Å². The van der Waals surface area contributed by atoms with Crippen LogP contribution < -0.4 is 10.3 Å². The summed E-state index contributed by atoms with van der Waals surface area (Å²) in [5.74, 6) is 0.959. The minimum absolute atomic E-state index is 0.0855. The molecule has 25 heavy (non-hydrogen) atoms. The Bertz CT molecular complexity index is 742. The summed E-state index contributed by atoms with van der Waals surface area (Å²) in [5, 5.41) is 0. The molecule has 1 aromatic carbocycles. The van der Waals surface area contributed by atoms with E-state index in [-0.39, 0.29) is 11.5 Å². The first-order valence-electron chi connectivity index (χ1n) is 8.45. The van der Waals surface area contributed by atoms with Crippen LogP contribution in [0.4, 0.5) is 0 Å². The summed E-state index contributed by atoms with van der Waals surface area (Å²) >= 11 is 0. The highest BCUT2D eigenvalue weighted by molar-refractivity contribution is 5.78. The predicted molar refractivity (Wildman–Crippen MR) is 95.6 cm³/mol. The van der Waals surface area contributed by atoms with Crippen LogP contribution in [0.15, 0.2) is 47.4 Å². The second-order valence-corrected chi connectivity index (χ2v) is 6.24. The van der Waals surface area contributed by atoms with Crippen LogP contribution in [0, 0.1) is 0 Å². The second kappa shape index (κ2) is 7.98. The van der Waals surface area contributed by atoms with Gasteiger partial charge in [-0.25, -0.2) is 0 Å². The van der Waals surface area contributed by atoms with Crippen LogP contribution in [-0.4, -0.2) is 54.0 Å². The van der Waals surface area contributed by atoms with Gasteiger partial charge in [0, 0.05) is 45.0 Å². The number of amides is 1. The molecule has 1 saturated heterocycles. The normalized spacial score (nSPS) is 15.2. The van der Waals surface area contributed by atoms with Gasteiger partial charge in [-0.15, -0.1) is 0 Å². The fourth-order valence-electron chi connectivity index (χ4n) is 2.98. The lowest BCUT2D eigenvalue weighted by Crippen LogP contribution is -2.48. The van der Waals surface area contributed by atoms with Crippen molar-refractivity contribution < 1.29 is 9.53 Å². The lowest BCUT2D eigenvalue weighted by molar-refractivity contribution is -0.132. The summed E-state index contributed by atoms with van der Waals surface area (Å²) in [6.45, 7) is 3.94. The van der Waals surface area contributed by atoms with E-state index in [0.29, 0.717) is 6.42 Å². The van der Waals surface area contributed by atoms with Crippen molar-refractivity contribution in [1.82, 2.24) is 14.8 Å². The molecule has 2 aromatic rings. The number of nitrogens with one attached hydrogen (secondary N) is 1. The van der Waals surface area contributed by atoms with Gasteiger partial charge in [0.15, 0.2) is 0 Å². The van der Waals surface area contributed by atoms with Gasteiger partial charge >= 0.3 is 0 Å². The molecule has 0 spiro atoms. The number of carbonyl (C=O) groups excluding carboxylic acids is 1. The zero-order chi connectivity index (χ0) is 17.6. The van der Waals surface area contributed by atoms with Crippen molar-refractivity contribution in [2.24, 2.45) is 0 Å². The summed E-state index contributed by atoms with van der Waals surface area (Å²) in [6, 6.07) is 11.0. The van der Waals surface area contributed by atoms with Gasteiger partial charge in [0.2, 0.25) is 11.5 Å². The van der Waals surface area contributed by atoms with Crippen molar-refractivity contribution in [2.45, 2.75) is 13.0 Å². The highest BCUT2D eigenvalue weighted by Crippen LogP contribution is 2.13. The van der Waals surface area contributed by atoms with E-state index in [4.69, 9.17) is 4.74 Å². The van der Waals surface area contributed by atoms with Gasteiger partial charge in [0.1, 0.15) is 5.75 Å². The molecule has 1 N–H and O–H groups in total. The van der Waals surface area contributed by atoms with Gasteiger partial charge in [-0.05, 0) is 23.3 Å². The van der Waals surface area contributed by atoms with Gasteiger partial charge in [-0.1, -0.05) is 18.2 Å². The maximum atomic E-state index is 12.5. The largest absolute Gasteiger partial charge is 0.497 e. The van der Waals surface area contributed by atoms with Gasteiger partial charge in [0.25, 0.3) is 0 Å². The number of ether oxygens (including phenoxy) is 1. The Kier molecular flexibility index (Phi) is 5.50. The summed E-state index contributed by atoms with van der Waals surface area (Å²) in [4.78, 5) is 30.5. The number of H-pyrrole nitrogens is 1. The molecule has 0 unspecified atom stereocenters. The van der Waals surface area contributed by atoms with Crippen molar-refractivity contribution >= 4 is 5.91 Å². The van der Waals surface area contributed by atoms with Crippen LogP contribution in [0.2, 0.25) is 0 Å². The first kappa shape index (κ1) is 17.2. The Morgan fingerprint density at radius 3 is 2.32 bits per heavy atom. The van der Waals surface area contributed by atoms with Crippen molar-refractivity contribution in [3.8, 4) is 5.75 Å². The molecule has 3 rings (SSSR count). The smallest absolute Gasteiger partial charge is 0.247 e. The zero-order valence-electron chi connectivity index (χ0n) is 14.4. The minimum Gasteiger partial charge on any atom is -0.497 e. The molecule has 0 atom stereocenters. The molecule has 0 radical (unpaired) electrons. The van der Waals surface area contributed by atoms with Gasteiger partial charge in [-0.2, -0.15) is 0 Å². The van der Waals surface area contributed by atoms with E-state index < -0.39 is 0 Å². The minimum atomic E-state index is -0.0855. The number of hydrogen-bond acceptors (Lipinski definition) is 4. The summed E-state index contributed by atoms with van der Waals surface area (Å²) in [7, 11) is 1.63. The molecule has 2 heterocycles. The Balaban J connectivity index is 1.48. The number of carbonyl (C=O) groups is 1. The summed E-state index contributed by atoms with van der Waals surface area (Å²) in [5.41, 5.74) is 2.00. The number of benzene rings is 1. The summed E-state index contributed by atoms with van der Waals surface area (Å²) in [6.07, 6.45) is 2.17. The average molecular weight is 341 g/mol. The van der Waals surface area contributed by atoms with E-state index in [2.05, 4.69) is 9.88 Å². The predicted octanol–water partition coefficient (Wildman–Crippen LogP) is 1.27. The number of nitrogens with zero attached hydrogens (tertiary/aromatic N) is 2. The Morgan fingerprint density at radius 2 is 1.72 bits per heavy atom. The Hall–Kier alpha value is -2.60. The van der Waals surface area contributed by atoms with Crippen LogP contribution in [0.3, 0.4) is 0 Å². The molecule has 0 aliphatic carbocycles. The quantitative estimate of drug-likeness (QED) is 0.889. The lowest BCUT2D eigenvalue weighted by Gasteiger charge is -2.34. The van der Waals surface area contributed by atoms with Crippen molar-refractivity contribution in [1.29, 1.82) is 0 Å². The highest BCUT2D eigenvalue weighted by Gasteiger charge is 2.21. The number of aromatic nitrogens is 1. The molecular formula is C19H23N3O3. The monoisotopic (exact) mass is 341 g/mol. The molecule has 132 valence electrons. The SMILES string of the molecule is COc1ccc(CC(=O)N2CCN(Cc3ccc(=O)[nH]c3)CC2)cc1. The van der Waals surface area contributed by atoms with Crippen LogP contribution in [-0.2, 0) is 17.8 Å². The maximum absolute atomic E-state index is 12.5. The van der Waals surface area contributed by atoms with Gasteiger partial charge in [0.05, 0.1) is 13.5 Å². The Labute approximate surface area is 147 Å². The number of hydrogen-bond donors (Lipinski definition) is 1. The molecule has 6 nitrogen and oxygen atoms in total. The van der Waals surface area contributed by atoms with Crippen LogP contribution in [0.1, 0.15) is 11.1 Å². The van der Waals surface area contributed by atoms with E-state index in [0.717, 1.165) is 49.6 Å². The second-order valence-electron chi connectivity index (χ2n) is 6.24. The third-order valence-corrected chi connectivity index (χ3v) is 4.49. The average Bonchev–Trinajstić information content (AvgIpc) is 2.65. The molecule has 6 heteroatoms. The number of pyridine rings is 1. The van der Waals surface area contributed by atoms with Gasteiger partial charge in [-0.3, -0.25) is 14.5 Å². The number of rotatable bonds is 5. The molecule has 0 bridgehead atoms. The first-order valence-corrected chi connectivity index (χ1v) is 8.45. The van der Waals surface area contributed by atoms with Crippen molar-refractivity contribution in [2.75, 3.05) is 33.3 Å². The van der Waals surface area contributed by atoms with Crippen LogP contribution in [0.5, 0.6) is 5.75 Å². The highest BCUT2D eigenvalue weighted by atomic mass is 16.5. The molecule has 0 saturated carbocycles. The van der Waals surface area contributed by atoms with Crippen molar-refractivity contribution in [3.63, 3.8) is 0 Å². The molecule has 1 fully saturated rings. The molecule has 1 aliphatic heterocycles. The number of aromatic amines is 1.